The number of benzene rings is 1. The van der Waals surface area contributed by atoms with Crippen LogP contribution in [0.5, 0.6) is 0 Å². The Bertz CT molecular complexity index is 477. The van der Waals surface area contributed by atoms with E-state index in [1.807, 2.05) is 0 Å². The SMILES string of the molecule is Cc1cc(C(F)(Cl)C(O)(F)C(F)(F)Cl)cc(C)c1N. The molecule has 0 heterocycles. The van der Waals surface area contributed by atoms with E-state index in [9.17, 15) is 17.6 Å². The van der Waals surface area contributed by atoms with Gasteiger partial charge in [0, 0.05) is 11.3 Å². The Morgan fingerprint density at radius 2 is 1.42 bits per heavy atom. The molecule has 2 nitrogen and oxygen atoms in total. The van der Waals surface area contributed by atoms with Gasteiger partial charge in [-0.15, -0.1) is 0 Å². The van der Waals surface area contributed by atoms with Crippen LogP contribution in [0.15, 0.2) is 12.1 Å². The Morgan fingerprint density at radius 1 is 1.05 bits per heavy atom. The lowest BCUT2D eigenvalue weighted by Gasteiger charge is -2.33. The molecule has 2 unspecified atom stereocenters. The topological polar surface area (TPSA) is 46.2 Å². The first-order valence-corrected chi connectivity index (χ1v) is 5.81. The van der Waals surface area contributed by atoms with E-state index in [0.717, 1.165) is 12.1 Å². The molecule has 0 aromatic heterocycles. The van der Waals surface area contributed by atoms with Gasteiger partial charge in [0.05, 0.1) is 0 Å². The summed E-state index contributed by atoms with van der Waals surface area (Å²) in [6.45, 7) is 2.91. The second-order valence-corrected chi connectivity index (χ2v) is 5.21. The van der Waals surface area contributed by atoms with Gasteiger partial charge in [-0.3, -0.25) is 0 Å². The molecule has 0 aliphatic rings. The summed E-state index contributed by atoms with van der Waals surface area (Å²) < 4.78 is 53.2. The molecular formula is C11H11Cl2F4NO. The minimum atomic E-state index is -4.91. The van der Waals surface area contributed by atoms with Crippen LogP contribution < -0.4 is 5.73 Å². The van der Waals surface area contributed by atoms with Crippen molar-refractivity contribution >= 4 is 28.9 Å². The van der Waals surface area contributed by atoms with Crippen molar-refractivity contribution < 1.29 is 22.7 Å². The lowest BCUT2D eigenvalue weighted by molar-refractivity contribution is -0.260. The normalized spacial score (nSPS) is 18.8. The van der Waals surface area contributed by atoms with Crippen molar-refractivity contribution in [2.24, 2.45) is 0 Å². The number of anilines is 1. The molecule has 1 rings (SSSR count). The van der Waals surface area contributed by atoms with Crippen molar-refractivity contribution in [3.8, 4) is 0 Å². The van der Waals surface area contributed by atoms with Crippen LogP contribution in [0.1, 0.15) is 16.7 Å². The van der Waals surface area contributed by atoms with Gasteiger partial charge in [0.1, 0.15) is 0 Å². The van der Waals surface area contributed by atoms with Crippen LogP contribution in [0.3, 0.4) is 0 Å². The second kappa shape index (κ2) is 4.68. The highest BCUT2D eigenvalue weighted by Crippen LogP contribution is 2.52. The molecule has 0 fully saturated rings. The quantitative estimate of drug-likeness (QED) is 0.506. The maximum Gasteiger partial charge on any atom is 0.384 e. The van der Waals surface area contributed by atoms with Gasteiger partial charge in [-0.1, -0.05) is 11.6 Å². The van der Waals surface area contributed by atoms with Gasteiger partial charge in [0.15, 0.2) is 0 Å². The van der Waals surface area contributed by atoms with Crippen molar-refractivity contribution in [1.82, 2.24) is 0 Å². The molecule has 2 atom stereocenters. The first kappa shape index (κ1) is 16.3. The molecule has 0 saturated carbocycles. The maximum atomic E-state index is 14.1. The lowest BCUT2D eigenvalue weighted by atomic mass is 9.97. The van der Waals surface area contributed by atoms with Crippen molar-refractivity contribution in [2.75, 3.05) is 5.73 Å². The molecule has 0 aliphatic heterocycles. The molecule has 0 amide bonds. The number of halogens is 6. The first-order valence-electron chi connectivity index (χ1n) is 5.05. The van der Waals surface area contributed by atoms with Crippen LogP contribution in [0.2, 0.25) is 0 Å². The molecule has 0 saturated heterocycles. The van der Waals surface area contributed by atoms with Gasteiger partial charge < -0.3 is 10.8 Å². The maximum absolute atomic E-state index is 14.1. The summed E-state index contributed by atoms with van der Waals surface area (Å²) in [6.07, 6.45) is 0. The molecule has 3 N–H and O–H groups in total. The largest absolute Gasteiger partial charge is 0.398 e. The third-order valence-corrected chi connectivity index (χ3v) is 3.47. The first-order chi connectivity index (χ1) is 8.32. The number of aliphatic hydroxyl groups is 1. The molecule has 108 valence electrons. The van der Waals surface area contributed by atoms with E-state index in [-0.39, 0.29) is 5.69 Å². The molecule has 1 aromatic carbocycles. The van der Waals surface area contributed by atoms with Crippen LogP contribution >= 0.6 is 23.2 Å². The van der Waals surface area contributed by atoms with Crippen molar-refractivity contribution in [3.05, 3.63) is 28.8 Å². The zero-order chi connectivity index (χ0) is 15.2. The fourth-order valence-electron chi connectivity index (χ4n) is 1.53. The third-order valence-electron chi connectivity index (χ3n) is 2.75. The zero-order valence-corrected chi connectivity index (χ0v) is 11.5. The van der Waals surface area contributed by atoms with Gasteiger partial charge in [-0.2, -0.15) is 13.2 Å². The van der Waals surface area contributed by atoms with Crippen molar-refractivity contribution in [3.63, 3.8) is 0 Å². The number of rotatable bonds is 3. The van der Waals surface area contributed by atoms with E-state index >= 15 is 0 Å². The van der Waals surface area contributed by atoms with E-state index in [1.54, 1.807) is 0 Å². The van der Waals surface area contributed by atoms with Gasteiger partial charge >= 0.3 is 11.2 Å². The monoisotopic (exact) mass is 319 g/mol. The Kier molecular flexibility index (Phi) is 4.02. The predicted molar refractivity (Wildman–Crippen MR) is 65.8 cm³/mol. The Labute approximate surface area is 117 Å². The number of hydrogen-bond acceptors (Lipinski definition) is 2. The highest BCUT2D eigenvalue weighted by Gasteiger charge is 2.68. The Morgan fingerprint density at radius 3 is 1.74 bits per heavy atom. The molecule has 0 spiro atoms. The van der Waals surface area contributed by atoms with Gasteiger partial charge in [-0.25, -0.2) is 4.39 Å². The zero-order valence-electron chi connectivity index (χ0n) is 9.95. The van der Waals surface area contributed by atoms with Crippen LogP contribution in [0, 0.1) is 13.8 Å². The highest BCUT2D eigenvalue weighted by molar-refractivity contribution is 6.26. The minimum absolute atomic E-state index is 0.274. The predicted octanol–water partition coefficient (Wildman–Crippen LogP) is 3.74. The number of hydrogen-bond donors (Lipinski definition) is 2. The second-order valence-electron chi connectivity index (χ2n) is 4.22. The van der Waals surface area contributed by atoms with Gasteiger partial charge in [0.25, 0.3) is 5.13 Å². The standard InChI is InChI=1S/C11H11Cl2F4NO/c1-5-3-7(4-6(2)8(5)18)9(12,14)10(15,19)11(13,16)17/h3-4,19H,18H2,1-2H3. The Balaban J connectivity index is 3.44. The number of alkyl halides is 6. The summed E-state index contributed by atoms with van der Waals surface area (Å²) >= 11 is 9.50. The highest BCUT2D eigenvalue weighted by atomic mass is 35.5. The summed E-state index contributed by atoms with van der Waals surface area (Å²) in [5, 5.41) is 0.157. The average molecular weight is 320 g/mol. The molecule has 1 aromatic rings. The molecule has 8 heteroatoms. The van der Waals surface area contributed by atoms with Gasteiger partial charge in [-0.05, 0) is 48.7 Å². The fraction of sp³-hybridized carbons (Fsp3) is 0.455. The minimum Gasteiger partial charge on any atom is -0.398 e. The van der Waals surface area contributed by atoms with E-state index in [0.29, 0.717) is 11.1 Å². The van der Waals surface area contributed by atoms with Crippen LogP contribution in [0.25, 0.3) is 0 Å². The summed E-state index contributed by atoms with van der Waals surface area (Å²) in [4.78, 5) is 0. The number of nitrogens with two attached hydrogens (primary N) is 1. The smallest absolute Gasteiger partial charge is 0.384 e. The molecule has 0 bridgehead atoms. The van der Waals surface area contributed by atoms with Gasteiger partial charge in [0.2, 0.25) is 0 Å². The van der Waals surface area contributed by atoms with E-state index in [4.69, 9.17) is 22.4 Å². The Hall–Kier alpha value is -0.720. The fourth-order valence-corrected chi connectivity index (χ4v) is 1.93. The summed E-state index contributed by atoms with van der Waals surface area (Å²) in [7, 11) is 0. The average Bonchev–Trinajstić information content (AvgIpc) is 2.23. The van der Waals surface area contributed by atoms with Crippen LogP contribution in [0.4, 0.5) is 23.2 Å². The molecular weight excluding hydrogens is 309 g/mol. The van der Waals surface area contributed by atoms with E-state index in [2.05, 4.69) is 11.6 Å². The lowest BCUT2D eigenvalue weighted by Crippen LogP contribution is -2.52. The summed E-state index contributed by atoms with van der Waals surface area (Å²) in [5.41, 5.74) is 5.76. The van der Waals surface area contributed by atoms with Crippen molar-refractivity contribution in [1.29, 1.82) is 0 Å². The number of aryl methyl sites for hydroxylation is 2. The van der Waals surface area contributed by atoms with Crippen LogP contribution in [-0.4, -0.2) is 16.3 Å². The molecule has 19 heavy (non-hydrogen) atoms. The van der Waals surface area contributed by atoms with E-state index in [1.165, 1.54) is 13.8 Å². The molecule has 0 aliphatic carbocycles. The molecule has 0 radical (unpaired) electrons. The summed E-state index contributed by atoms with van der Waals surface area (Å²) in [6, 6.07) is 1.92. The van der Waals surface area contributed by atoms with Crippen LogP contribution in [-0.2, 0) is 5.13 Å². The van der Waals surface area contributed by atoms with Crippen molar-refractivity contribution in [2.45, 2.75) is 30.2 Å². The van der Waals surface area contributed by atoms with E-state index < -0.39 is 21.9 Å². The summed E-state index contributed by atoms with van der Waals surface area (Å²) in [5.74, 6) is -4.79. The number of nitrogen functional groups attached to an aromatic ring is 1. The third kappa shape index (κ3) is 2.61.